The van der Waals surface area contributed by atoms with E-state index in [1.807, 2.05) is 24.3 Å². The summed E-state index contributed by atoms with van der Waals surface area (Å²) in [4.78, 5) is 22.3. The Kier molecular flexibility index (Phi) is 6.56. The van der Waals surface area contributed by atoms with E-state index < -0.39 is 5.97 Å². The van der Waals surface area contributed by atoms with Gasteiger partial charge in [0.25, 0.3) is 0 Å². The lowest BCUT2D eigenvalue weighted by Gasteiger charge is -2.08. The third-order valence-corrected chi connectivity index (χ3v) is 3.08. The maximum absolute atomic E-state index is 11.7. The first-order chi connectivity index (χ1) is 9.52. The summed E-state index contributed by atoms with van der Waals surface area (Å²) < 4.78 is 5.05. The van der Waals surface area contributed by atoms with Crippen molar-refractivity contribution < 1.29 is 19.4 Å². The second kappa shape index (κ2) is 8.19. The predicted octanol–water partition coefficient (Wildman–Crippen LogP) is 1.85. The molecular weight excluding hydrogens is 258 g/mol. The summed E-state index contributed by atoms with van der Waals surface area (Å²) in [5, 5.41) is 11.5. The quantitative estimate of drug-likeness (QED) is 0.712. The van der Waals surface area contributed by atoms with Gasteiger partial charge in [-0.1, -0.05) is 19.1 Å². The number of ether oxygens (including phenoxy) is 1. The second-order valence-corrected chi connectivity index (χ2v) is 4.76. The summed E-state index contributed by atoms with van der Waals surface area (Å²) in [5.41, 5.74) is 0.919. The number of amides is 1. The van der Waals surface area contributed by atoms with E-state index in [1.165, 1.54) is 0 Å². The largest absolute Gasteiger partial charge is 0.497 e. The number of carbonyl (C=O) groups excluding carboxylic acids is 1. The SMILES string of the molecule is COc1ccc(CC(=O)NCCCC(C)C(=O)O)cc1. The van der Waals surface area contributed by atoms with Gasteiger partial charge in [-0.3, -0.25) is 9.59 Å². The third-order valence-electron chi connectivity index (χ3n) is 3.08. The number of hydrogen-bond acceptors (Lipinski definition) is 3. The summed E-state index contributed by atoms with van der Waals surface area (Å²) in [5.74, 6) is -0.460. The van der Waals surface area contributed by atoms with Crippen LogP contribution < -0.4 is 10.1 Å². The van der Waals surface area contributed by atoms with Gasteiger partial charge in [0.2, 0.25) is 5.91 Å². The summed E-state index contributed by atoms with van der Waals surface area (Å²) in [6, 6.07) is 7.34. The zero-order valence-corrected chi connectivity index (χ0v) is 11.9. The first-order valence-electron chi connectivity index (χ1n) is 6.65. The number of nitrogens with one attached hydrogen (secondary N) is 1. The maximum Gasteiger partial charge on any atom is 0.306 e. The molecule has 0 aromatic heterocycles. The predicted molar refractivity (Wildman–Crippen MR) is 75.7 cm³/mol. The highest BCUT2D eigenvalue weighted by molar-refractivity contribution is 5.78. The Morgan fingerprint density at radius 2 is 1.95 bits per heavy atom. The third kappa shape index (κ3) is 5.73. The van der Waals surface area contributed by atoms with E-state index in [4.69, 9.17) is 9.84 Å². The first kappa shape index (κ1) is 16.0. The molecule has 0 aliphatic carbocycles. The van der Waals surface area contributed by atoms with Crippen LogP contribution >= 0.6 is 0 Å². The van der Waals surface area contributed by atoms with E-state index in [1.54, 1.807) is 14.0 Å². The molecule has 0 saturated heterocycles. The molecule has 0 spiro atoms. The van der Waals surface area contributed by atoms with Crippen molar-refractivity contribution in [1.29, 1.82) is 0 Å². The van der Waals surface area contributed by atoms with Crippen LogP contribution in [0.2, 0.25) is 0 Å². The molecule has 1 aromatic carbocycles. The fraction of sp³-hybridized carbons (Fsp3) is 0.467. The van der Waals surface area contributed by atoms with Crippen LogP contribution in [-0.4, -0.2) is 30.6 Å². The fourth-order valence-corrected chi connectivity index (χ4v) is 1.75. The molecule has 2 N–H and O–H groups in total. The minimum atomic E-state index is -0.797. The molecule has 1 aromatic rings. The molecule has 5 heteroatoms. The Labute approximate surface area is 118 Å². The van der Waals surface area contributed by atoms with Crippen molar-refractivity contribution in [2.45, 2.75) is 26.2 Å². The molecule has 1 rings (SSSR count). The monoisotopic (exact) mass is 279 g/mol. The Balaban J connectivity index is 2.24. The van der Waals surface area contributed by atoms with Gasteiger partial charge in [-0.05, 0) is 30.5 Å². The Morgan fingerprint density at radius 1 is 1.30 bits per heavy atom. The molecule has 0 aliphatic heterocycles. The smallest absolute Gasteiger partial charge is 0.306 e. The van der Waals surface area contributed by atoms with Gasteiger partial charge in [0.15, 0.2) is 0 Å². The number of hydrogen-bond donors (Lipinski definition) is 2. The van der Waals surface area contributed by atoms with Gasteiger partial charge in [0.05, 0.1) is 19.4 Å². The van der Waals surface area contributed by atoms with Gasteiger partial charge < -0.3 is 15.2 Å². The van der Waals surface area contributed by atoms with Gasteiger partial charge in [0, 0.05) is 6.54 Å². The van der Waals surface area contributed by atoms with Crippen LogP contribution in [0.1, 0.15) is 25.3 Å². The van der Waals surface area contributed by atoms with Gasteiger partial charge in [-0.15, -0.1) is 0 Å². The van der Waals surface area contributed by atoms with Crippen LogP contribution in [0.25, 0.3) is 0 Å². The Hall–Kier alpha value is -2.04. The first-order valence-corrected chi connectivity index (χ1v) is 6.65. The van der Waals surface area contributed by atoms with Crippen LogP contribution in [0.4, 0.5) is 0 Å². The number of aliphatic carboxylic acids is 1. The Morgan fingerprint density at radius 3 is 2.50 bits per heavy atom. The lowest BCUT2D eigenvalue weighted by Crippen LogP contribution is -2.26. The molecule has 0 bridgehead atoms. The molecule has 0 aliphatic rings. The maximum atomic E-state index is 11.7. The minimum Gasteiger partial charge on any atom is -0.497 e. The van der Waals surface area contributed by atoms with E-state index in [0.717, 1.165) is 11.3 Å². The van der Waals surface area contributed by atoms with Crippen LogP contribution in [0.5, 0.6) is 5.75 Å². The van der Waals surface area contributed by atoms with Crippen molar-refractivity contribution in [1.82, 2.24) is 5.32 Å². The minimum absolute atomic E-state index is 0.0573. The molecule has 110 valence electrons. The molecule has 0 fully saturated rings. The Bertz CT molecular complexity index is 442. The molecule has 0 saturated carbocycles. The molecule has 5 nitrogen and oxygen atoms in total. The van der Waals surface area contributed by atoms with Gasteiger partial charge in [0.1, 0.15) is 5.75 Å². The van der Waals surface area contributed by atoms with Crippen molar-refractivity contribution in [2.24, 2.45) is 5.92 Å². The fourth-order valence-electron chi connectivity index (χ4n) is 1.75. The van der Waals surface area contributed by atoms with E-state index in [-0.39, 0.29) is 11.8 Å². The highest BCUT2D eigenvalue weighted by Crippen LogP contribution is 2.11. The zero-order valence-electron chi connectivity index (χ0n) is 11.9. The van der Waals surface area contributed by atoms with E-state index >= 15 is 0 Å². The van der Waals surface area contributed by atoms with Crippen LogP contribution in [0.3, 0.4) is 0 Å². The summed E-state index contributed by atoms with van der Waals surface area (Å²) >= 11 is 0. The van der Waals surface area contributed by atoms with Gasteiger partial charge in [-0.2, -0.15) is 0 Å². The summed E-state index contributed by atoms with van der Waals surface area (Å²) in [6.45, 7) is 2.17. The van der Waals surface area contributed by atoms with Crippen molar-refractivity contribution in [3.63, 3.8) is 0 Å². The number of carboxylic acids is 1. The van der Waals surface area contributed by atoms with E-state index in [2.05, 4.69) is 5.32 Å². The lowest BCUT2D eigenvalue weighted by molar-refractivity contribution is -0.141. The number of benzene rings is 1. The normalized spacial score (nSPS) is 11.7. The van der Waals surface area contributed by atoms with E-state index in [9.17, 15) is 9.59 Å². The standard InChI is InChI=1S/C15H21NO4/c1-11(15(18)19)4-3-9-16-14(17)10-12-5-7-13(20-2)8-6-12/h5-8,11H,3-4,9-10H2,1-2H3,(H,16,17)(H,18,19). The van der Waals surface area contributed by atoms with Crippen molar-refractivity contribution in [3.8, 4) is 5.75 Å². The van der Waals surface area contributed by atoms with Crippen molar-refractivity contribution >= 4 is 11.9 Å². The molecule has 1 atom stereocenters. The zero-order chi connectivity index (χ0) is 15.0. The topological polar surface area (TPSA) is 75.6 Å². The molecular formula is C15H21NO4. The molecule has 1 unspecified atom stereocenters. The molecule has 0 radical (unpaired) electrons. The van der Waals surface area contributed by atoms with Crippen LogP contribution in [-0.2, 0) is 16.0 Å². The van der Waals surface area contributed by atoms with E-state index in [0.29, 0.717) is 25.8 Å². The van der Waals surface area contributed by atoms with Gasteiger partial charge in [-0.25, -0.2) is 0 Å². The summed E-state index contributed by atoms with van der Waals surface area (Å²) in [6.07, 6.45) is 1.55. The van der Waals surface area contributed by atoms with Crippen molar-refractivity contribution in [2.75, 3.05) is 13.7 Å². The highest BCUT2D eigenvalue weighted by atomic mass is 16.5. The number of carboxylic acid groups (broad SMARTS) is 1. The van der Waals surface area contributed by atoms with Crippen molar-refractivity contribution in [3.05, 3.63) is 29.8 Å². The van der Waals surface area contributed by atoms with Crippen LogP contribution in [0.15, 0.2) is 24.3 Å². The second-order valence-electron chi connectivity index (χ2n) is 4.76. The average Bonchev–Trinajstić information content (AvgIpc) is 2.44. The molecule has 20 heavy (non-hydrogen) atoms. The van der Waals surface area contributed by atoms with Gasteiger partial charge >= 0.3 is 5.97 Å². The van der Waals surface area contributed by atoms with Crippen LogP contribution in [0, 0.1) is 5.92 Å². The molecule has 1 amide bonds. The number of rotatable bonds is 8. The average molecular weight is 279 g/mol. The highest BCUT2D eigenvalue weighted by Gasteiger charge is 2.10. The molecule has 0 heterocycles. The number of methoxy groups -OCH3 is 1. The lowest BCUT2D eigenvalue weighted by atomic mass is 10.1. The number of carbonyl (C=O) groups is 2. The summed E-state index contributed by atoms with van der Waals surface area (Å²) in [7, 11) is 1.60.